The first kappa shape index (κ1) is 15.4. The van der Waals surface area contributed by atoms with E-state index in [4.69, 9.17) is 11.6 Å². The maximum atomic E-state index is 14.1. The van der Waals surface area contributed by atoms with E-state index in [2.05, 4.69) is 19.2 Å². The van der Waals surface area contributed by atoms with E-state index in [1.54, 1.807) is 6.07 Å². The van der Waals surface area contributed by atoms with E-state index in [1.807, 2.05) is 36.4 Å². The maximum Gasteiger partial charge on any atom is 0.137 e. The summed E-state index contributed by atoms with van der Waals surface area (Å²) >= 11 is 7.24. The number of hydrogen-bond donors (Lipinski definition) is 1. The maximum absolute atomic E-state index is 14.1. The summed E-state index contributed by atoms with van der Waals surface area (Å²) in [5.41, 5.74) is 0.955. The van der Waals surface area contributed by atoms with Crippen molar-refractivity contribution in [3.63, 3.8) is 0 Å². The average Bonchev–Trinajstić information content (AvgIpc) is 2.41. The number of rotatable bonds is 5. The molecular formula is C16H17ClFNS. The molecule has 0 unspecified atom stereocenters. The summed E-state index contributed by atoms with van der Waals surface area (Å²) in [6.45, 7) is 4.82. The Hall–Kier alpha value is -1.03. The van der Waals surface area contributed by atoms with E-state index in [9.17, 15) is 4.39 Å². The van der Waals surface area contributed by atoms with Crippen LogP contribution >= 0.6 is 23.4 Å². The van der Waals surface area contributed by atoms with Crippen molar-refractivity contribution in [2.45, 2.75) is 36.2 Å². The molecule has 2 aromatic rings. The lowest BCUT2D eigenvalue weighted by Gasteiger charge is -2.09. The molecule has 0 bridgehead atoms. The van der Waals surface area contributed by atoms with Gasteiger partial charge in [0.15, 0.2) is 0 Å². The highest BCUT2D eigenvalue weighted by molar-refractivity contribution is 7.99. The van der Waals surface area contributed by atoms with Gasteiger partial charge in [0, 0.05) is 27.4 Å². The minimum Gasteiger partial charge on any atom is -0.310 e. The van der Waals surface area contributed by atoms with Crippen LogP contribution in [0.5, 0.6) is 0 Å². The van der Waals surface area contributed by atoms with Gasteiger partial charge in [0.1, 0.15) is 5.82 Å². The Kier molecular flexibility index (Phi) is 5.46. The topological polar surface area (TPSA) is 12.0 Å². The molecule has 0 spiro atoms. The Morgan fingerprint density at radius 1 is 1.15 bits per heavy atom. The molecule has 4 heteroatoms. The molecule has 0 aliphatic carbocycles. The van der Waals surface area contributed by atoms with E-state index in [0.717, 1.165) is 10.5 Å². The predicted molar refractivity (Wildman–Crippen MR) is 84.0 cm³/mol. The predicted octanol–water partition coefficient (Wildman–Crippen LogP) is 5.13. The molecule has 1 N–H and O–H groups in total. The lowest BCUT2D eigenvalue weighted by molar-refractivity contribution is 0.574. The number of hydrogen-bond acceptors (Lipinski definition) is 2. The minimum absolute atomic E-state index is 0.187. The third-order valence-corrected chi connectivity index (χ3v) is 4.06. The molecule has 0 amide bonds. The Balaban J connectivity index is 2.07. The highest BCUT2D eigenvalue weighted by Gasteiger charge is 2.06. The molecule has 0 atom stereocenters. The highest BCUT2D eigenvalue weighted by Crippen LogP contribution is 2.30. The summed E-state index contributed by atoms with van der Waals surface area (Å²) < 4.78 is 14.1. The van der Waals surface area contributed by atoms with Crippen LogP contribution in [0.25, 0.3) is 0 Å². The van der Waals surface area contributed by atoms with Gasteiger partial charge in [-0.15, -0.1) is 0 Å². The summed E-state index contributed by atoms with van der Waals surface area (Å²) in [5.74, 6) is -0.187. The van der Waals surface area contributed by atoms with Crippen LogP contribution in [-0.4, -0.2) is 6.04 Å². The second kappa shape index (κ2) is 7.11. The fourth-order valence-electron chi connectivity index (χ4n) is 1.69. The van der Waals surface area contributed by atoms with Gasteiger partial charge in [-0.1, -0.05) is 43.3 Å². The van der Waals surface area contributed by atoms with E-state index in [0.29, 0.717) is 22.5 Å². The second-order valence-electron chi connectivity index (χ2n) is 4.86. The van der Waals surface area contributed by atoms with Gasteiger partial charge in [-0.3, -0.25) is 0 Å². The zero-order chi connectivity index (χ0) is 14.5. The van der Waals surface area contributed by atoms with Crippen LogP contribution in [0.3, 0.4) is 0 Å². The molecular weight excluding hydrogens is 293 g/mol. The summed E-state index contributed by atoms with van der Waals surface area (Å²) in [6.07, 6.45) is 0. The van der Waals surface area contributed by atoms with E-state index in [-0.39, 0.29) is 5.82 Å². The van der Waals surface area contributed by atoms with Crippen molar-refractivity contribution in [2.24, 2.45) is 0 Å². The fourth-order valence-corrected chi connectivity index (χ4v) is 2.63. The zero-order valence-corrected chi connectivity index (χ0v) is 13.1. The molecule has 1 nitrogen and oxygen atoms in total. The van der Waals surface area contributed by atoms with Crippen molar-refractivity contribution in [1.82, 2.24) is 5.32 Å². The third-order valence-electron chi connectivity index (χ3n) is 2.75. The minimum atomic E-state index is -0.187. The standard InChI is InChI=1S/C16H17ClFNS/c1-11(2)19-10-12-3-8-16(15(18)9-12)20-14-6-4-13(17)5-7-14/h3-9,11,19H,10H2,1-2H3. The van der Waals surface area contributed by atoms with Crippen molar-refractivity contribution in [3.8, 4) is 0 Å². The summed E-state index contributed by atoms with van der Waals surface area (Å²) in [7, 11) is 0. The van der Waals surface area contributed by atoms with Crippen LogP contribution in [0.4, 0.5) is 4.39 Å². The van der Waals surface area contributed by atoms with E-state index < -0.39 is 0 Å². The number of benzene rings is 2. The Bertz CT molecular complexity index is 569. The molecule has 0 fully saturated rings. The zero-order valence-electron chi connectivity index (χ0n) is 11.5. The number of halogens is 2. The second-order valence-corrected chi connectivity index (χ2v) is 6.41. The van der Waals surface area contributed by atoms with Crippen molar-refractivity contribution in [2.75, 3.05) is 0 Å². The lowest BCUT2D eigenvalue weighted by atomic mass is 10.2. The highest BCUT2D eigenvalue weighted by atomic mass is 35.5. The van der Waals surface area contributed by atoms with Gasteiger partial charge < -0.3 is 5.32 Å². The van der Waals surface area contributed by atoms with Crippen LogP contribution in [-0.2, 0) is 6.54 Å². The molecule has 0 saturated heterocycles. The van der Waals surface area contributed by atoms with Gasteiger partial charge in [0.05, 0.1) is 0 Å². The first-order valence-electron chi connectivity index (χ1n) is 6.50. The first-order valence-corrected chi connectivity index (χ1v) is 7.69. The van der Waals surface area contributed by atoms with Gasteiger partial charge in [-0.25, -0.2) is 4.39 Å². The molecule has 0 aliphatic heterocycles. The lowest BCUT2D eigenvalue weighted by Crippen LogP contribution is -2.21. The molecule has 0 radical (unpaired) electrons. The molecule has 0 aromatic heterocycles. The summed E-state index contributed by atoms with van der Waals surface area (Å²) in [5, 5.41) is 3.96. The van der Waals surface area contributed by atoms with Crippen LogP contribution in [0.15, 0.2) is 52.3 Å². The van der Waals surface area contributed by atoms with Gasteiger partial charge in [-0.2, -0.15) is 0 Å². The average molecular weight is 310 g/mol. The molecule has 0 aliphatic rings. The van der Waals surface area contributed by atoms with E-state index in [1.165, 1.54) is 11.8 Å². The first-order chi connectivity index (χ1) is 9.54. The summed E-state index contributed by atoms with van der Waals surface area (Å²) in [4.78, 5) is 1.60. The van der Waals surface area contributed by atoms with Crippen molar-refractivity contribution >= 4 is 23.4 Å². The monoisotopic (exact) mass is 309 g/mol. The van der Waals surface area contributed by atoms with Crippen molar-refractivity contribution in [3.05, 3.63) is 58.9 Å². The van der Waals surface area contributed by atoms with Crippen molar-refractivity contribution < 1.29 is 4.39 Å². The van der Waals surface area contributed by atoms with Crippen LogP contribution in [0.2, 0.25) is 5.02 Å². The Labute approximate surface area is 128 Å². The van der Waals surface area contributed by atoms with Crippen LogP contribution < -0.4 is 5.32 Å². The van der Waals surface area contributed by atoms with Gasteiger partial charge in [0.25, 0.3) is 0 Å². The quantitative estimate of drug-likeness (QED) is 0.822. The van der Waals surface area contributed by atoms with Gasteiger partial charge in [-0.05, 0) is 42.0 Å². The molecule has 106 valence electrons. The summed E-state index contributed by atoms with van der Waals surface area (Å²) in [6, 6.07) is 13.2. The number of nitrogens with one attached hydrogen (secondary N) is 1. The molecule has 0 heterocycles. The molecule has 2 aromatic carbocycles. The molecule has 0 saturated carbocycles. The van der Waals surface area contributed by atoms with Crippen molar-refractivity contribution in [1.29, 1.82) is 0 Å². The van der Waals surface area contributed by atoms with Gasteiger partial charge in [0.2, 0.25) is 0 Å². The molecule has 2 rings (SSSR count). The largest absolute Gasteiger partial charge is 0.310 e. The SMILES string of the molecule is CC(C)NCc1ccc(Sc2ccc(Cl)cc2)c(F)c1. The molecule has 20 heavy (non-hydrogen) atoms. The fraction of sp³-hybridized carbons (Fsp3) is 0.250. The van der Waals surface area contributed by atoms with E-state index >= 15 is 0 Å². The smallest absolute Gasteiger partial charge is 0.137 e. The Morgan fingerprint density at radius 2 is 1.85 bits per heavy atom. The van der Waals surface area contributed by atoms with Gasteiger partial charge >= 0.3 is 0 Å². The normalized spacial score (nSPS) is 11.1. The van der Waals surface area contributed by atoms with Crippen LogP contribution in [0.1, 0.15) is 19.4 Å². The van der Waals surface area contributed by atoms with Crippen LogP contribution in [0, 0.1) is 5.82 Å². The third kappa shape index (κ3) is 4.51. The Morgan fingerprint density at radius 3 is 2.45 bits per heavy atom.